The number of nitrogens with zero attached hydrogens (tertiary/aromatic N) is 1. The number of rotatable bonds is 7. The molecule has 8 heteroatoms. The lowest BCUT2D eigenvalue weighted by Gasteiger charge is -2.10. The first-order chi connectivity index (χ1) is 8.90. The quantitative estimate of drug-likeness (QED) is 0.587. The molecule has 7 nitrogen and oxygen atoms in total. The van der Waals surface area contributed by atoms with E-state index in [0.717, 1.165) is 11.3 Å². The van der Waals surface area contributed by atoms with Gasteiger partial charge in [-0.1, -0.05) is 18.3 Å². The molecule has 1 unspecified atom stereocenters. The lowest BCUT2D eigenvalue weighted by atomic mass is 10.1. The molecule has 0 bridgehead atoms. The van der Waals surface area contributed by atoms with Gasteiger partial charge in [0.2, 0.25) is 0 Å². The smallest absolute Gasteiger partial charge is 0.324 e. The summed E-state index contributed by atoms with van der Waals surface area (Å²) in [7, 11) is 0. The Morgan fingerprint density at radius 1 is 1.53 bits per heavy atom. The molecular formula is C11H14N2O5S. The topological polar surface area (TPSA) is 110 Å². The van der Waals surface area contributed by atoms with Gasteiger partial charge in [0.1, 0.15) is 0 Å². The molecule has 0 saturated carbocycles. The number of aliphatic carboxylic acids is 1. The van der Waals surface area contributed by atoms with Crippen molar-refractivity contribution in [2.24, 2.45) is 5.92 Å². The van der Waals surface area contributed by atoms with Gasteiger partial charge in [-0.3, -0.25) is 19.7 Å². The number of hydrogen-bond acceptors (Lipinski definition) is 5. The molecule has 0 aliphatic rings. The fourth-order valence-corrected chi connectivity index (χ4v) is 2.11. The predicted octanol–water partition coefficient (Wildman–Crippen LogP) is 1.89. The zero-order valence-corrected chi connectivity index (χ0v) is 11.1. The fraction of sp³-hybridized carbons (Fsp3) is 0.455. The van der Waals surface area contributed by atoms with Crippen molar-refractivity contribution in [3.63, 3.8) is 0 Å². The molecule has 0 spiro atoms. The number of nitrogens with one attached hydrogen (secondary N) is 1. The predicted molar refractivity (Wildman–Crippen MR) is 69.3 cm³/mol. The average Bonchev–Trinajstić information content (AvgIpc) is 2.83. The minimum atomic E-state index is -0.868. The molecule has 0 aliphatic heterocycles. The molecule has 1 aromatic rings. The maximum Gasteiger partial charge on any atom is 0.324 e. The summed E-state index contributed by atoms with van der Waals surface area (Å²) in [4.78, 5) is 32.3. The van der Waals surface area contributed by atoms with Crippen molar-refractivity contribution in [3.8, 4) is 0 Å². The molecule has 0 saturated heterocycles. The number of thiophene rings is 1. The van der Waals surface area contributed by atoms with Crippen molar-refractivity contribution in [2.75, 3.05) is 6.54 Å². The lowest BCUT2D eigenvalue weighted by molar-refractivity contribution is -0.380. The highest BCUT2D eigenvalue weighted by atomic mass is 32.1. The van der Waals surface area contributed by atoms with Gasteiger partial charge >= 0.3 is 11.0 Å². The van der Waals surface area contributed by atoms with Gasteiger partial charge in [-0.15, -0.1) is 0 Å². The molecule has 0 aromatic carbocycles. The van der Waals surface area contributed by atoms with Gasteiger partial charge in [-0.25, -0.2) is 0 Å². The van der Waals surface area contributed by atoms with Crippen LogP contribution < -0.4 is 5.32 Å². The summed E-state index contributed by atoms with van der Waals surface area (Å²) in [6, 6.07) is 2.69. The van der Waals surface area contributed by atoms with E-state index in [0.29, 0.717) is 13.0 Å². The van der Waals surface area contributed by atoms with Gasteiger partial charge in [-0.05, 0) is 18.4 Å². The highest BCUT2D eigenvalue weighted by Crippen LogP contribution is 2.23. The summed E-state index contributed by atoms with van der Waals surface area (Å²) in [6.07, 6.45) is 0.529. The van der Waals surface area contributed by atoms with Gasteiger partial charge in [0.05, 0.1) is 9.80 Å². The first kappa shape index (κ1) is 15.1. The zero-order valence-electron chi connectivity index (χ0n) is 10.3. The van der Waals surface area contributed by atoms with Gasteiger partial charge in [-0.2, -0.15) is 0 Å². The Balaban J connectivity index is 2.42. The first-order valence-electron chi connectivity index (χ1n) is 5.64. The Labute approximate surface area is 113 Å². The largest absolute Gasteiger partial charge is 0.481 e. The summed E-state index contributed by atoms with van der Waals surface area (Å²) in [5.74, 6) is -1.21. The van der Waals surface area contributed by atoms with Crippen molar-refractivity contribution in [1.82, 2.24) is 5.32 Å². The molecule has 1 heterocycles. The van der Waals surface area contributed by atoms with Crippen LogP contribution in [0.25, 0.3) is 0 Å². The summed E-state index contributed by atoms with van der Waals surface area (Å²) in [6.45, 7) is 2.18. The van der Waals surface area contributed by atoms with Gasteiger partial charge in [0, 0.05) is 19.0 Å². The highest BCUT2D eigenvalue weighted by molar-refractivity contribution is 7.17. The van der Waals surface area contributed by atoms with Crippen LogP contribution in [0.5, 0.6) is 0 Å². The summed E-state index contributed by atoms with van der Waals surface area (Å²) < 4.78 is 0. The van der Waals surface area contributed by atoms with Gasteiger partial charge < -0.3 is 10.4 Å². The van der Waals surface area contributed by atoms with Gasteiger partial charge in [0.25, 0.3) is 5.91 Å². The number of hydrogen-bond donors (Lipinski definition) is 2. The van der Waals surface area contributed by atoms with E-state index in [1.54, 1.807) is 0 Å². The Kier molecular flexibility index (Phi) is 5.43. The van der Waals surface area contributed by atoms with Crippen LogP contribution in [0.2, 0.25) is 0 Å². The molecule has 2 N–H and O–H groups in total. The number of carboxylic acids is 1. The fourth-order valence-electron chi connectivity index (χ4n) is 1.37. The minimum absolute atomic E-state index is 0.0370. The normalized spacial score (nSPS) is 11.8. The van der Waals surface area contributed by atoms with E-state index < -0.39 is 10.9 Å². The van der Waals surface area contributed by atoms with Crippen LogP contribution in [-0.2, 0) is 4.79 Å². The average molecular weight is 286 g/mol. The van der Waals surface area contributed by atoms with E-state index in [9.17, 15) is 19.7 Å². The third-order valence-electron chi connectivity index (χ3n) is 2.46. The zero-order chi connectivity index (χ0) is 14.4. The van der Waals surface area contributed by atoms with E-state index in [2.05, 4.69) is 5.32 Å². The second kappa shape index (κ2) is 6.83. The molecule has 19 heavy (non-hydrogen) atoms. The Morgan fingerprint density at radius 2 is 2.21 bits per heavy atom. The Hall–Kier alpha value is -1.96. The van der Waals surface area contributed by atoms with Crippen molar-refractivity contribution in [2.45, 2.75) is 19.8 Å². The maximum atomic E-state index is 11.7. The number of carbonyl (C=O) groups excluding carboxylic acids is 1. The van der Waals surface area contributed by atoms with Crippen LogP contribution in [0.3, 0.4) is 0 Å². The molecule has 1 amide bonds. The van der Waals surface area contributed by atoms with E-state index >= 15 is 0 Å². The molecule has 0 radical (unpaired) electrons. The van der Waals surface area contributed by atoms with Crippen LogP contribution in [0.1, 0.15) is 29.4 Å². The van der Waals surface area contributed by atoms with Crippen molar-refractivity contribution in [1.29, 1.82) is 0 Å². The molecule has 1 atom stereocenters. The summed E-state index contributed by atoms with van der Waals surface area (Å²) in [5, 5.41) is 21.6. The van der Waals surface area contributed by atoms with Gasteiger partial charge in [0.15, 0.2) is 0 Å². The molecular weight excluding hydrogens is 272 g/mol. The summed E-state index contributed by atoms with van der Waals surface area (Å²) >= 11 is 0.814. The second-order valence-electron chi connectivity index (χ2n) is 4.14. The lowest BCUT2D eigenvalue weighted by Crippen LogP contribution is -2.27. The van der Waals surface area contributed by atoms with Crippen LogP contribution in [-0.4, -0.2) is 28.5 Å². The standard InChI is InChI=1S/C11H14N2O5S/c1-7(2-5-10(14)15)6-12-11(16)8-3-4-9(19-8)13(17)18/h3-4,7H,2,5-6H2,1H3,(H,12,16)(H,14,15). The number of carbonyl (C=O) groups is 2. The molecule has 0 fully saturated rings. The first-order valence-corrected chi connectivity index (χ1v) is 6.46. The van der Waals surface area contributed by atoms with Crippen LogP contribution >= 0.6 is 11.3 Å². The monoisotopic (exact) mass is 286 g/mol. The molecule has 1 rings (SSSR count). The number of nitro groups is 1. The second-order valence-corrected chi connectivity index (χ2v) is 5.20. The molecule has 104 valence electrons. The van der Waals surface area contributed by atoms with E-state index in [1.807, 2.05) is 6.92 Å². The van der Waals surface area contributed by atoms with E-state index in [-0.39, 0.29) is 28.1 Å². The summed E-state index contributed by atoms with van der Waals surface area (Å²) in [5.41, 5.74) is 0. The van der Waals surface area contributed by atoms with Crippen LogP contribution in [0.4, 0.5) is 5.00 Å². The van der Waals surface area contributed by atoms with Crippen molar-refractivity contribution >= 4 is 28.2 Å². The molecule has 1 aromatic heterocycles. The third-order valence-corrected chi connectivity index (χ3v) is 3.49. The molecule has 0 aliphatic carbocycles. The van der Waals surface area contributed by atoms with Crippen molar-refractivity contribution < 1.29 is 19.6 Å². The van der Waals surface area contributed by atoms with E-state index in [1.165, 1.54) is 12.1 Å². The third kappa shape index (κ3) is 5.04. The number of amides is 1. The van der Waals surface area contributed by atoms with E-state index in [4.69, 9.17) is 5.11 Å². The Bertz CT molecular complexity index is 485. The maximum absolute atomic E-state index is 11.7. The SMILES string of the molecule is CC(CCC(=O)O)CNC(=O)c1ccc([N+](=O)[O-])s1. The van der Waals surface area contributed by atoms with Crippen LogP contribution in [0.15, 0.2) is 12.1 Å². The van der Waals surface area contributed by atoms with Crippen molar-refractivity contribution in [3.05, 3.63) is 27.1 Å². The Morgan fingerprint density at radius 3 is 2.74 bits per heavy atom. The number of carboxylic acid groups (broad SMARTS) is 1. The highest BCUT2D eigenvalue weighted by Gasteiger charge is 2.15. The minimum Gasteiger partial charge on any atom is -0.481 e. The van der Waals surface area contributed by atoms with Crippen LogP contribution in [0, 0.1) is 16.0 Å².